The number of hydrogen-bond acceptors (Lipinski definition) is 5. The molecular weight excluding hydrogens is 431 g/mol. The summed E-state index contributed by atoms with van der Waals surface area (Å²) < 4.78 is 47.0. The highest BCUT2D eigenvalue weighted by molar-refractivity contribution is 7.99. The van der Waals surface area contributed by atoms with Gasteiger partial charge in [-0.2, -0.15) is 13.2 Å². The summed E-state index contributed by atoms with van der Waals surface area (Å²) in [5.41, 5.74) is 0.600. The molecule has 3 rings (SSSR count). The summed E-state index contributed by atoms with van der Waals surface area (Å²) in [6.45, 7) is 0.996. The van der Waals surface area contributed by atoms with Crippen LogP contribution in [0.3, 0.4) is 0 Å². The van der Waals surface area contributed by atoms with E-state index >= 15 is 0 Å². The van der Waals surface area contributed by atoms with Gasteiger partial charge in [-0.15, -0.1) is 10.2 Å². The first kappa shape index (κ1) is 22.9. The number of methoxy groups -OCH3 is 1. The third-order valence-electron chi connectivity index (χ3n) is 4.53. The average molecular weight is 453 g/mol. The fraction of sp³-hybridized carbons (Fsp3) is 0.350. The van der Waals surface area contributed by atoms with E-state index in [9.17, 15) is 18.0 Å². The van der Waals surface area contributed by atoms with Crippen molar-refractivity contribution >= 4 is 23.4 Å². The highest BCUT2D eigenvalue weighted by atomic mass is 32.2. The number of carbonyl (C=O) groups is 1. The van der Waals surface area contributed by atoms with Crippen molar-refractivity contribution in [3.05, 3.63) is 59.7 Å². The second-order valence-electron chi connectivity index (χ2n) is 6.74. The summed E-state index contributed by atoms with van der Waals surface area (Å²) in [5.74, 6) is 0.440. The minimum Gasteiger partial charge on any atom is -0.383 e. The Morgan fingerprint density at radius 1 is 1.19 bits per heavy atom. The second kappa shape index (κ2) is 10.0. The van der Waals surface area contributed by atoms with Gasteiger partial charge < -0.3 is 19.2 Å². The average Bonchev–Trinajstić information content (AvgIpc) is 3.30. The molecule has 2 heterocycles. The van der Waals surface area contributed by atoms with Crippen LogP contribution in [0.4, 0.5) is 18.9 Å². The second-order valence-corrected chi connectivity index (χ2v) is 7.68. The molecule has 1 N–H and O–H groups in total. The maximum Gasteiger partial charge on any atom is 0.416 e. The molecule has 0 bridgehead atoms. The Kier molecular flexibility index (Phi) is 7.39. The fourth-order valence-corrected chi connectivity index (χ4v) is 3.66. The van der Waals surface area contributed by atoms with Gasteiger partial charge in [0.2, 0.25) is 5.91 Å². The number of nitrogens with one attached hydrogen (secondary N) is 1. The minimum atomic E-state index is -4.41. The number of aryl methyl sites for hydroxylation is 1. The van der Waals surface area contributed by atoms with Crippen LogP contribution in [0.1, 0.15) is 17.1 Å². The molecule has 0 spiro atoms. The molecule has 0 radical (unpaired) electrons. The molecule has 7 nitrogen and oxygen atoms in total. The summed E-state index contributed by atoms with van der Waals surface area (Å²) in [5, 5.41) is 11.6. The van der Waals surface area contributed by atoms with E-state index in [0.29, 0.717) is 30.4 Å². The summed E-state index contributed by atoms with van der Waals surface area (Å²) in [6.07, 6.45) is -1.88. The zero-order valence-corrected chi connectivity index (χ0v) is 17.8. The Hall–Kier alpha value is -2.79. The third kappa shape index (κ3) is 6.11. The molecule has 2 aromatic heterocycles. The Balaban J connectivity index is 1.63. The molecule has 0 unspecified atom stereocenters. The normalized spacial score (nSPS) is 11.6. The zero-order valence-electron chi connectivity index (χ0n) is 17.0. The smallest absolute Gasteiger partial charge is 0.383 e. The Morgan fingerprint density at radius 2 is 1.94 bits per heavy atom. The van der Waals surface area contributed by atoms with Crippen molar-refractivity contribution in [3.8, 4) is 0 Å². The molecule has 0 saturated heterocycles. The highest BCUT2D eigenvalue weighted by Gasteiger charge is 2.30. The van der Waals surface area contributed by atoms with Crippen molar-refractivity contribution in [2.45, 2.75) is 24.3 Å². The maximum absolute atomic E-state index is 12.6. The van der Waals surface area contributed by atoms with E-state index in [2.05, 4.69) is 15.5 Å². The van der Waals surface area contributed by atoms with E-state index in [1.54, 1.807) is 7.11 Å². The van der Waals surface area contributed by atoms with Crippen LogP contribution < -0.4 is 5.32 Å². The van der Waals surface area contributed by atoms with Gasteiger partial charge in [-0.25, -0.2) is 0 Å². The summed E-state index contributed by atoms with van der Waals surface area (Å²) in [7, 11) is 3.55. The molecule has 0 aliphatic heterocycles. The first-order chi connectivity index (χ1) is 14.8. The number of amides is 1. The predicted octanol–water partition coefficient (Wildman–Crippen LogP) is 3.60. The van der Waals surface area contributed by atoms with Gasteiger partial charge in [-0.05, 0) is 36.4 Å². The van der Waals surface area contributed by atoms with Crippen molar-refractivity contribution in [1.29, 1.82) is 0 Å². The van der Waals surface area contributed by atoms with Crippen LogP contribution in [0.2, 0.25) is 0 Å². The molecule has 166 valence electrons. The standard InChI is InChI=1S/C20H22F3N5O2S/c1-27-9-3-4-16(27)12-17-25-26-19(28(17)10-11-30-2)31-13-18(29)24-15-7-5-14(6-8-15)20(21,22)23/h3-9H,10-13H2,1-2H3,(H,24,29). The van der Waals surface area contributed by atoms with Crippen LogP contribution in [0, 0.1) is 0 Å². The topological polar surface area (TPSA) is 74.0 Å². The van der Waals surface area contributed by atoms with Crippen LogP contribution >= 0.6 is 11.8 Å². The van der Waals surface area contributed by atoms with Gasteiger partial charge in [0.05, 0.1) is 17.9 Å². The fourth-order valence-electron chi connectivity index (χ4n) is 2.88. The highest BCUT2D eigenvalue weighted by Crippen LogP contribution is 2.30. The van der Waals surface area contributed by atoms with E-state index in [0.717, 1.165) is 23.7 Å². The van der Waals surface area contributed by atoms with Crippen molar-refractivity contribution in [1.82, 2.24) is 19.3 Å². The molecular formula is C20H22F3N5O2S. The SMILES string of the molecule is COCCn1c(Cc2cccn2C)nnc1SCC(=O)Nc1ccc(C(F)(F)F)cc1. The van der Waals surface area contributed by atoms with E-state index < -0.39 is 11.7 Å². The van der Waals surface area contributed by atoms with Crippen LogP contribution in [-0.2, 0) is 35.7 Å². The lowest BCUT2D eigenvalue weighted by atomic mass is 10.2. The summed E-state index contributed by atoms with van der Waals surface area (Å²) in [6, 6.07) is 8.26. The number of aromatic nitrogens is 4. The number of nitrogens with zero attached hydrogens (tertiary/aromatic N) is 4. The third-order valence-corrected chi connectivity index (χ3v) is 5.50. The van der Waals surface area contributed by atoms with Gasteiger partial charge in [-0.1, -0.05) is 11.8 Å². The van der Waals surface area contributed by atoms with Crippen molar-refractivity contribution < 1.29 is 22.7 Å². The van der Waals surface area contributed by atoms with Crippen LogP contribution in [0.5, 0.6) is 0 Å². The quantitative estimate of drug-likeness (QED) is 0.501. The van der Waals surface area contributed by atoms with Crippen molar-refractivity contribution in [2.24, 2.45) is 7.05 Å². The van der Waals surface area contributed by atoms with Gasteiger partial charge in [0.15, 0.2) is 5.16 Å². The molecule has 1 aromatic carbocycles. The van der Waals surface area contributed by atoms with Gasteiger partial charge >= 0.3 is 6.18 Å². The van der Waals surface area contributed by atoms with Crippen LogP contribution in [0.15, 0.2) is 47.8 Å². The van der Waals surface area contributed by atoms with E-state index in [-0.39, 0.29) is 11.7 Å². The number of alkyl halides is 3. The molecule has 0 atom stereocenters. The number of benzene rings is 1. The Morgan fingerprint density at radius 3 is 2.55 bits per heavy atom. The van der Waals surface area contributed by atoms with E-state index in [1.165, 1.54) is 23.9 Å². The van der Waals surface area contributed by atoms with E-state index in [4.69, 9.17) is 4.74 Å². The molecule has 31 heavy (non-hydrogen) atoms. The van der Waals surface area contributed by atoms with Gasteiger partial charge in [0.1, 0.15) is 5.82 Å². The number of thioether (sulfide) groups is 1. The number of ether oxygens (including phenoxy) is 1. The summed E-state index contributed by atoms with van der Waals surface area (Å²) in [4.78, 5) is 12.3. The Labute approximate surface area is 181 Å². The first-order valence-electron chi connectivity index (χ1n) is 9.39. The van der Waals surface area contributed by atoms with Crippen molar-refractivity contribution in [3.63, 3.8) is 0 Å². The number of carbonyl (C=O) groups excluding carboxylic acids is 1. The Bertz CT molecular complexity index is 1010. The zero-order chi connectivity index (χ0) is 22.4. The molecule has 11 heteroatoms. The monoisotopic (exact) mass is 453 g/mol. The summed E-state index contributed by atoms with van der Waals surface area (Å²) >= 11 is 1.20. The van der Waals surface area contributed by atoms with Crippen molar-refractivity contribution in [2.75, 3.05) is 24.8 Å². The largest absolute Gasteiger partial charge is 0.416 e. The molecule has 0 aliphatic rings. The maximum atomic E-state index is 12.6. The van der Waals surface area contributed by atoms with Gasteiger partial charge in [-0.3, -0.25) is 4.79 Å². The number of halogens is 3. The van der Waals surface area contributed by atoms with Crippen LogP contribution in [-0.4, -0.2) is 44.7 Å². The van der Waals surface area contributed by atoms with Crippen LogP contribution in [0.25, 0.3) is 0 Å². The van der Waals surface area contributed by atoms with E-state index in [1.807, 2.05) is 34.5 Å². The molecule has 0 fully saturated rings. The van der Waals surface area contributed by atoms with Gasteiger partial charge in [0, 0.05) is 44.7 Å². The number of anilines is 1. The lowest BCUT2D eigenvalue weighted by molar-refractivity contribution is -0.137. The molecule has 0 saturated carbocycles. The number of rotatable bonds is 9. The first-order valence-corrected chi connectivity index (χ1v) is 10.4. The number of hydrogen-bond donors (Lipinski definition) is 1. The predicted molar refractivity (Wildman–Crippen MR) is 111 cm³/mol. The molecule has 3 aromatic rings. The lowest BCUT2D eigenvalue weighted by Crippen LogP contribution is -2.16. The lowest BCUT2D eigenvalue weighted by Gasteiger charge is -2.11. The molecule has 0 aliphatic carbocycles. The molecule has 1 amide bonds. The van der Waals surface area contributed by atoms with Gasteiger partial charge in [0.25, 0.3) is 0 Å². The minimum absolute atomic E-state index is 0.0380.